The molecule has 0 bridgehead atoms. The summed E-state index contributed by atoms with van der Waals surface area (Å²) in [4.78, 5) is 3.63. The van der Waals surface area contributed by atoms with Crippen molar-refractivity contribution >= 4 is 21.6 Å². The van der Waals surface area contributed by atoms with E-state index in [9.17, 15) is 13.2 Å². The number of hydrogen-bond acceptors (Lipinski definition) is 2. The van der Waals surface area contributed by atoms with Crippen LogP contribution in [-0.2, 0) is 6.18 Å². The lowest BCUT2D eigenvalue weighted by Crippen LogP contribution is -2.07. The van der Waals surface area contributed by atoms with Crippen LogP contribution in [0.25, 0.3) is 5.65 Å². The summed E-state index contributed by atoms with van der Waals surface area (Å²) in [6.45, 7) is 0. The third kappa shape index (κ3) is 1.47. The van der Waals surface area contributed by atoms with E-state index in [0.29, 0.717) is 0 Å². The molecule has 2 heterocycles. The van der Waals surface area contributed by atoms with Crippen LogP contribution in [0.5, 0.6) is 0 Å². The summed E-state index contributed by atoms with van der Waals surface area (Å²) < 4.78 is 38.5. The predicted octanol–water partition coefficient (Wildman–Crippen LogP) is 2.51. The van der Waals surface area contributed by atoms with Gasteiger partial charge in [-0.1, -0.05) is 0 Å². The largest absolute Gasteiger partial charge is 0.420 e. The van der Waals surface area contributed by atoms with E-state index in [1.54, 1.807) is 0 Å². The van der Waals surface area contributed by atoms with E-state index in [1.165, 1.54) is 12.3 Å². The van der Waals surface area contributed by atoms with Gasteiger partial charge in [-0.2, -0.15) is 13.2 Å². The van der Waals surface area contributed by atoms with Gasteiger partial charge in [0.15, 0.2) is 5.65 Å². The molecule has 0 N–H and O–H groups in total. The van der Waals surface area contributed by atoms with Crippen molar-refractivity contribution in [3.05, 3.63) is 28.6 Å². The fourth-order valence-electron chi connectivity index (χ4n) is 1.10. The molecule has 2 aromatic rings. The second-order valence-corrected chi connectivity index (χ2v) is 3.28. The average Bonchev–Trinajstić information content (AvgIpc) is 2.41. The molecule has 7 heteroatoms. The number of rotatable bonds is 0. The summed E-state index contributed by atoms with van der Waals surface area (Å²) in [5.74, 6) is 0. The minimum absolute atomic E-state index is 0.134. The van der Waals surface area contributed by atoms with Crippen molar-refractivity contribution < 1.29 is 13.2 Å². The van der Waals surface area contributed by atoms with Crippen molar-refractivity contribution in [3.8, 4) is 0 Å². The van der Waals surface area contributed by atoms with Crippen molar-refractivity contribution in [3.63, 3.8) is 0 Å². The molecule has 0 aliphatic rings. The van der Waals surface area contributed by atoms with E-state index in [4.69, 9.17) is 0 Å². The molecule has 74 valence electrons. The molecule has 0 aliphatic carbocycles. The van der Waals surface area contributed by atoms with Gasteiger partial charge in [0.05, 0.1) is 0 Å². The normalized spacial score (nSPS) is 12.3. The highest BCUT2D eigenvalue weighted by atomic mass is 79.9. The smallest absolute Gasteiger partial charge is 0.219 e. The number of nitrogens with zero attached hydrogens (tertiary/aromatic N) is 3. The van der Waals surface area contributed by atoms with Crippen LogP contribution in [0.15, 0.2) is 23.1 Å². The molecule has 0 atom stereocenters. The monoisotopic (exact) mass is 265 g/mol. The van der Waals surface area contributed by atoms with E-state index >= 15 is 0 Å². The Hall–Kier alpha value is -1.11. The standard InChI is InChI=1S/C7H3BrF3N3/c8-6-12-5-4(7(9,10)11)2-1-3-14(5)13-6/h1-3H. The molecule has 14 heavy (non-hydrogen) atoms. The molecule has 2 rings (SSSR count). The molecule has 0 aliphatic heterocycles. The minimum atomic E-state index is -4.41. The van der Waals surface area contributed by atoms with Crippen molar-refractivity contribution in [2.45, 2.75) is 6.18 Å². The number of hydrogen-bond donors (Lipinski definition) is 0. The van der Waals surface area contributed by atoms with Gasteiger partial charge >= 0.3 is 6.18 Å². The van der Waals surface area contributed by atoms with Gasteiger partial charge in [-0.05, 0) is 28.1 Å². The van der Waals surface area contributed by atoms with E-state index in [0.717, 1.165) is 10.6 Å². The summed E-state index contributed by atoms with van der Waals surface area (Å²) in [5.41, 5.74) is -0.995. The van der Waals surface area contributed by atoms with Gasteiger partial charge in [0.25, 0.3) is 0 Å². The van der Waals surface area contributed by atoms with Crippen LogP contribution in [0.4, 0.5) is 13.2 Å². The highest BCUT2D eigenvalue weighted by Gasteiger charge is 2.34. The zero-order valence-corrected chi connectivity index (χ0v) is 8.17. The van der Waals surface area contributed by atoms with Crippen LogP contribution >= 0.6 is 15.9 Å². The van der Waals surface area contributed by atoms with E-state index in [2.05, 4.69) is 26.0 Å². The number of alkyl halides is 3. The maximum atomic E-state index is 12.4. The molecule has 0 amide bonds. The first-order chi connectivity index (χ1) is 6.48. The summed E-state index contributed by atoms with van der Waals surface area (Å²) in [5, 5.41) is 3.71. The van der Waals surface area contributed by atoms with Crippen LogP contribution in [-0.4, -0.2) is 14.6 Å². The molecule has 0 aromatic carbocycles. The van der Waals surface area contributed by atoms with Gasteiger partial charge in [0.2, 0.25) is 4.73 Å². The van der Waals surface area contributed by atoms with Gasteiger partial charge in [-0.3, -0.25) is 0 Å². The molecule has 0 fully saturated rings. The van der Waals surface area contributed by atoms with Crippen LogP contribution in [0.2, 0.25) is 0 Å². The molecule has 2 aromatic heterocycles. The first-order valence-corrected chi connectivity index (χ1v) is 4.36. The zero-order chi connectivity index (χ0) is 10.3. The molecular formula is C7H3BrF3N3. The average molecular weight is 266 g/mol. The van der Waals surface area contributed by atoms with E-state index < -0.39 is 11.7 Å². The molecule has 0 radical (unpaired) electrons. The van der Waals surface area contributed by atoms with Crippen LogP contribution < -0.4 is 0 Å². The number of aromatic nitrogens is 3. The summed E-state index contributed by atoms with van der Waals surface area (Å²) in [7, 11) is 0. The molecule has 0 unspecified atom stereocenters. The first-order valence-electron chi connectivity index (χ1n) is 3.56. The fourth-order valence-corrected chi connectivity index (χ4v) is 1.44. The minimum Gasteiger partial charge on any atom is -0.219 e. The topological polar surface area (TPSA) is 30.2 Å². The Morgan fingerprint density at radius 3 is 2.71 bits per heavy atom. The van der Waals surface area contributed by atoms with Gasteiger partial charge in [0.1, 0.15) is 5.56 Å². The van der Waals surface area contributed by atoms with Gasteiger partial charge in [-0.15, -0.1) is 5.10 Å². The molecular weight excluding hydrogens is 263 g/mol. The second-order valence-electron chi connectivity index (χ2n) is 2.57. The summed E-state index contributed by atoms with van der Waals surface area (Å²) in [6.07, 6.45) is -3.00. The van der Waals surface area contributed by atoms with Crippen molar-refractivity contribution in [1.82, 2.24) is 14.6 Å². The number of halogens is 4. The van der Waals surface area contributed by atoms with Crippen LogP contribution in [0.3, 0.4) is 0 Å². The third-order valence-electron chi connectivity index (χ3n) is 1.64. The Balaban J connectivity index is 2.77. The van der Waals surface area contributed by atoms with Gasteiger partial charge in [-0.25, -0.2) is 9.50 Å². The SMILES string of the molecule is FC(F)(F)c1cccn2nc(Br)nc12. The van der Waals surface area contributed by atoms with Crippen LogP contribution in [0, 0.1) is 0 Å². The zero-order valence-electron chi connectivity index (χ0n) is 6.59. The van der Waals surface area contributed by atoms with Crippen molar-refractivity contribution in [2.75, 3.05) is 0 Å². The Morgan fingerprint density at radius 2 is 2.07 bits per heavy atom. The van der Waals surface area contributed by atoms with E-state index in [-0.39, 0.29) is 10.4 Å². The fraction of sp³-hybridized carbons (Fsp3) is 0.143. The lowest BCUT2D eigenvalue weighted by Gasteiger charge is -2.05. The molecule has 0 spiro atoms. The van der Waals surface area contributed by atoms with Crippen LogP contribution in [0.1, 0.15) is 5.56 Å². The summed E-state index contributed by atoms with van der Waals surface area (Å²) >= 11 is 2.92. The Labute approximate surface area is 84.7 Å². The van der Waals surface area contributed by atoms with Crippen molar-refractivity contribution in [2.24, 2.45) is 0 Å². The predicted molar refractivity (Wildman–Crippen MR) is 45.7 cm³/mol. The molecule has 0 saturated heterocycles. The van der Waals surface area contributed by atoms with Gasteiger partial charge < -0.3 is 0 Å². The summed E-state index contributed by atoms with van der Waals surface area (Å²) in [6, 6.07) is 2.24. The first kappa shape index (κ1) is 9.45. The lowest BCUT2D eigenvalue weighted by atomic mass is 10.2. The Morgan fingerprint density at radius 1 is 1.36 bits per heavy atom. The quantitative estimate of drug-likeness (QED) is 0.733. The van der Waals surface area contributed by atoms with Crippen molar-refractivity contribution in [1.29, 1.82) is 0 Å². The third-order valence-corrected chi connectivity index (χ3v) is 1.98. The molecule has 3 nitrogen and oxygen atoms in total. The maximum Gasteiger partial charge on any atom is 0.420 e. The maximum absolute atomic E-state index is 12.4. The Bertz CT molecular complexity index is 476. The lowest BCUT2D eigenvalue weighted by molar-refractivity contribution is -0.136. The highest BCUT2D eigenvalue weighted by Crippen LogP contribution is 2.31. The number of fused-ring (bicyclic) bond motifs is 1. The van der Waals surface area contributed by atoms with Gasteiger partial charge in [0, 0.05) is 6.20 Å². The molecule has 0 saturated carbocycles. The highest BCUT2D eigenvalue weighted by molar-refractivity contribution is 9.10. The Kier molecular flexibility index (Phi) is 1.99. The second kappa shape index (κ2) is 2.94. The number of pyridine rings is 1. The van der Waals surface area contributed by atoms with E-state index in [1.807, 2.05) is 0 Å².